The molecule has 1 aromatic carbocycles. The Bertz CT molecular complexity index is 515. The first-order valence-corrected chi connectivity index (χ1v) is 5.70. The van der Waals surface area contributed by atoms with Gasteiger partial charge in [-0.25, -0.2) is 0 Å². The topological polar surface area (TPSA) is 55.8 Å². The number of rotatable bonds is 2. The van der Waals surface area contributed by atoms with Gasteiger partial charge in [-0.05, 0) is 18.2 Å². The molecule has 0 fully saturated rings. The Morgan fingerprint density at radius 3 is 2.33 bits per heavy atom. The molecule has 0 saturated heterocycles. The van der Waals surface area contributed by atoms with Crippen molar-refractivity contribution in [1.29, 1.82) is 0 Å². The lowest BCUT2D eigenvalue weighted by molar-refractivity contribution is -0.0651. The molecular weight excluding hydrogens is 234 g/mol. The van der Waals surface area contributed by atoms with Crippen LogP contribution >= 0.6 is 0 Å². The molecule has 0 saturated carbocycles. The highest BCUT2D eigenvalue weighted by Crippen LogP contribution is 2.25. The first kappa shape index (κ1) is 11.0. The molecule has 0 radical (unpaired) electrons. The summed E-state index contributed by atoms with van der Waals surface area (Å²) < 4.78 is 5.13. The van der Waals surface area contributed by atoms with Crippen molar-refractivity contribution in [3.8, 4) is 0 Å². The van der Waals surface area contributed by atoms with Crippen molar-refractivity contribution >= 4 is 11.8 Å². The largest absolute Gasteiger partial charge is 0.377 e. The molecule has 5 nitrogen and oxygen atoms in total. The van der Waals surface area contributed by atoms with Gasteiger partial charge >= 0.3 is 0 Å². The van der Waals surface area contributed by atoms with E-state index in [0.29, 0.717) is 36.5 Å². The molecule has 2 aliphatic rings. The standard InChI is InChI=1S/C13H11NO4/c15-12-10-3-1-2-4-11(10)13(16)14(12)18-9-5-7-17-8-6-9/h1-5H,6-8H2. The summed E-state index contributed by atoms with van der Waals surface area (Å²) in [4.78, 5) is 29.4. The fourth-order valence-electron chi connectivity index (χ4n) is 1.96. The van der Waals surface area contributed by atoms with E-state index < -0.39 is 11.8 Å². The van der Waals surface area contributed by atoms with Gasteiger partial charge in [-0.2, -0.15) is 0 Å². The number of hydrogen-bond acceptors (Lipinski definition) is 4. The van der Waals surface area contributed by atoms with Gasteiger partial charge in [-0.15, -0.1) is 0 Å². The van der Waals surface area contributed by atoms with E-state index in [1.165, 1.54) is 0 Å². The van der Waals surface area contributed by atoms with Crippen LogP contribution < -0.4 is 0 Å². The van der Waals surface area contributed by atoms with Crippen molar-refractivity contribution in [1.82, 2.24) is 5.06 Å². The summed E-state index contributed by atoms with van der Waals surface area (Å²) in [5.74, 6) is -0.235. The lowest BCUT2D eigenvalue weighted by Gasteiger charge is -2.19. The van der Waals surface area contributed by atoms with Gasteiger partial charge in [0.25, 0.3) is 11.8 Å². The molecule has 0 N–H and O–H groups in total. The number of amides is 2. The number of benzene rings is 1. The molecule has 0 aromatic heterocycles. The molecule has 0 atom stereocenters. The van der Waals surface area contributed by atoms with E-state index >= 15 is 0 Å². The van der Waals surface area contributed by atoms with Gasteiger partial charge in [0.2, 0.25) is 0 Å². The summed E-state index contributed by atoms with van der Waals surface area (Å²) in [6, 6.07) is 6.69. The average molecular weight is 245 g/mol. The van der Waals surface area contributed by atoms with Crippen LogP contribution in [0.3, 0.4) is 0 Å². The fourth-order valence-corrected chi connectivity index (χ4v) is 1.96. The number of imide groups is 1. The molecule has 2 heterocycles. The number of fused-ring (bicyclic) bond motifs is 1. The zero-order valence-corrected chi connectivity index (χ0v) is 9.59. The maximum Gasteiger partial charge on any atom is 0.295 e. The van der Waals surface area contributed by atoms with E-state index in [9.17, 15) is 9.59 Å². The maximum atomic E-state index is 12.0. The summed E-state index contributed by atoms with van der Waals surface area (Å²) in [6.45, 7) is 0.980. The van der Waals surface area contributed by atoms with Crippen LogP contribution in [0.4, 0.5) is 0 Å². The van der Waals surface area contributed by atoms with Crippen LogP contribution in [0, 0.1) is 0 Å². The molecule has 2 amide bonds. The van der Waals surface area contributed by atoms with E-state index in [1.807, 2.05) is 0 Å². The highest BCUT2D eigenvalue weighted by atomic mass is 16.7. The Morgan fingerprint density at radius 2 is 1.78 bits per heavy atom. The van der Waals surface area contributed by atoms with E-state index in [4.69, 9.17) is 9.57 Å². The maximum absolute atomic E-state index is 12.0. The smallest absolute Gasteiger partial charge is 0.295 e. The minimum absolute atomic E-state index is 0.384. The fraction of sp³-hybridized carbons (Fsp3) is 0.231. The van der Waals surface area contributed by atoms with Gasteiger partial charge < -0.3 is 9.57 Å². The van der Waals surface area contributed by atoms with Crippen LogP contribution in [0.5, 0.6) is 0 Å². The molecule has 1 aromatic rings. The van der Waals surface area contributed by atoms with Gasteiger partial charge in [-0.1, -0.05) is 17.2 Å². The van der Waals surface area contributed by atoms with E-state index in [-0.39, 0.29) is 0 Å². The Balaban J connectivity index is 1.86. The van der Waals surface area contributed by atoms with Crippen molar-refractivity contribution in [3.63, 3.8) is 0 Å². The number of hydroxylamine groups is 2. The van der Waals surface area contributed by atoms with Crippen LogP contribution in [0.15, 0.2) is 36.1 Å². The average Bonchev–Trinajstić information content (AvgIpc) is 2.66. The van der Waals surface area contributed by atoms with E-state index in [0.717, 1.165) is 5.06 Å². The van der Waals surface area contributed by atoms with Gasteiger partial charge in [0.1, 0.15) is 5.76 Å². The second-order valence-electron chi connectivity index (χ2n) is 4.04. The Labute approximate surface area is 104 Å². The van der Waals surface area contributed by atoms with Crippen LogP contribution in [-0.2, 0) is 9.57 Å². The summed E-state index contributed by atoms with van der Waals surface area (Å²) in [5, 5.41) is 0.821. The number of ether oxygens (including phenoxy) is 1. The number of nitrogens with zero attached hydrogens (tertiary/aromatic N) is 1. The molecule has 2 aliphatic heterocycles. The normalized spacial score (nSPS) is 18.7. The van der Waals surface area contributed by atoms with Crippen molar-refractivity contribution in [3.05, 3.63) is 47.2 Å². The Morgan fingerprint density at radius 1 is 1.11 bits per heavy atom. The van der Waals surface area contributed by atoms with E-state index in [2.05, 4.69) is 0 Å². The molecule has 18 heavy (non-hydrogen) atoms. The third kappa shape index (κ3) is 1.69. The minimum atomic E-state index is -0.414. The summed E-state index contributed by atoms with van der Waals surface area (Å²) in [7, 11) is 0. The monoisotopic (exact) mass is 245 g/mol. The highest BCUT2D eigenvalue weighted by molar-refractivity contribution is 6.20. The first-order valence-electron chi connectivity index (χ1n) is 5.70. The zero-order chi connectivity index (χ0) is 12.5. The van der Waals surface area contributed by atoms with Crippen molar-refractivity contribution in [2.24, 2.45) is 0 Å². The van der Waals surface area contributed by atoms with Crippen molar-refractivity contribution < 1.29 is 19.2 Å². The van der Waals surface area contributed by atoms with Crippen molar-refractivity contribution in [2.75, 3.05) is 13.2 Å². The second-order valence-corrected chi connectivity index (χ2v) is 4.04. The number of carbonyl (C=O) groups excluding carboxylic acids is 2. The number of hydrogen-bond donors (Lipinski definition) is 0. The molecule has 0 bridgehead atoms. The first-order chi connectivity index (χ1) is 8.77. The molecule has 92 valence electrons. The van der Waals surface area contributed by atoms with Gasteiger partial charge in [-0.3, -0.25) is 9.59 Å². The highest BCUT2D eigenvalue weighted by Gasteiger charge is 2.37. The predicted octanol–water partition coefficient (Wildman–Crippen LogP) is 1.52. The Kier molecular flexibility index (Phi) is 2.60. The summed E-state index contributed by atoms with van der Waals surface area (Å²) >= 11 is 0. The lowest BCUT2D eigenvalue weighted by Crippen LogP contribution is -2.30. The third-order valence-electron chi connectivity index (χ3n) is 2.89. The molecular formula is C13H11NO4. The Hall–Kier alpha value is -2.14. The van der Waals surface area contributed by atoms with Crippen LogP contribution in [-0.4, -0.2) is 30.1 Å². The molecule has 0 aliphatic carbocycles. The molecule has 0 unspecified atom stereocenters. The van der Waals surface area contributed by atoms with Crippen LogP contribution in [0.2, 0.25) is 0 Å². The molecule has 0 spiro atoms. The molecule has 3 rings (SSSR count). The van der Waals surface area contributed by atoms with Gasteiger partial charge in [0.15, 0.2) is 0 Å². The third-order valence-corrected chi connectivity index (χ3v) is 2.89. The quantitative estimate of drug-likeness (QED) is 0.741. The van der Waals surface area contributed by atoms with Gasteiger partial charge in [0.05, 0.1) is 24.3 Å². The molecule has 5 heteroatoms. The second kappa shape index (κ2) is 4.27. The number of carbonyl (C=O) groups is 2. The van der Waals surface area contributed by atoms with Crippen LogP contribution in [0.1, 0.15) is 27.1 Å². The van der Waals surface area contributed by atoms with Gasteiger partial charge in [0, 0.05) is 6.42 Å². The van der Waals surface area contributed by atoms with Crippen molar-refractivity contribution in [2.45, 2.75) is 6.42 Å². The lowest BCUT2D eigenvalue weighted by atomic mass is 10.1. The minimum Gasteiger partial charge on any atom is -0.377 e. The van der Waals surface area contributed by atoms with E-state index in [1.54, 1.807) is 30.3 Å². The SMILES string of the molecule is O=C1c2ccccc2C(=O)N1OC1=CCOCC1. The summed E-state index contributed by atoms with van der Waals surface area (Å²) in [6.07, 6.45) is 2.29. The summed E-state index contributed by atoms with van der Waals surface area (Å²) in [5.41, 5.74) is 0.769. The predicted molar refractivity (Wildman–Crippen MR) is 61.5 cm³/mol. The zero-order valence-electron chi connectivity index (χ0n) is 9.59. The van der Waals surface area contributed by atoms with Crippen LogP contribution in [0.25, 0.3) is 0 Å².